The van der Waals surface area contributed by atoms with E-state index in [-0.39, 0.29) is 35.9 Å². The van der Waals surface area contributed by atoms with E-state index < -0.39 is 0 Å². The number of hydrogen-bond acceptors (Lipinski definition) is 14. The molecule has 0 fully saturated rings. The van der Waals surface area contributed by atoms with Crippen molar-refractivity contribution in [2.75, 3.05) is 34.8 Å². The van der Waals surface area contributed by atoms with Gasteiger partial charge in [0, 0.05) is 107 Å². The summed E-state index contributed by atoms with van der Waals surface area (Å²) >= 11 is 12.7. The third kappa shape index (κ3) is 33.8. The molecule has 0 bridgehead atoms. The van der Waals surface area contributed by atoms with E-state index >= 15 is 0 Å². The third-order valence-electron chi connectivity index (χ3n) is 9.47. The number of hydroxylamine groups is 1. The van der Waals surface area contributed by atoms with E-state index in [4.69, 9.17) is 9.94 Å². The predicted molar refractivity (Wildman–Crippen MR) is 339 cm³/mol. The number of carbonyl (C=O) groups excluding carboxylic acids is 2. The molecule has 0 atom stereocenters. The van der Waals surface area contributed by atoms with E-state index in [0.29, 0.717) is 32.7 Å². The Kier molecular flexibility index (Phi) is 44.5. The number of amides is 1. The Bertz CT molecular complexity index is 2230. The molecular formula is C51H61BrI6N11O4-. The van der Waals surface area contributed by atoms with Crippen LogP contribution in [0.4, 0.5) is 34.5 Å². The zero-order chi connectivity index (χ0) is 52.1. The number of esters is 1. The quantitative estimate of drug-likeness (QED) is 0.0154. The van der Waals surface area contributed by atoms with Gasteiger partial charge in [0.25, 0.3) is 0 Å². The Morgan fingerprint density at radius 3 is 1.44 bits per heavy atom. The second kappa shape index (κ2) is 47.6. The van der Waals surface area contributed by atoms with Crippen LogP contribution in [0.3, 0.4) is 0 Å². The summed E-state index contributed by atoms with van der Waals surface area (Å²) in [6.45, 7) is 4.02. The molecule has 0 saturated carbocycles. The molecule has 73 heavy (non-hydrogen) atoms. The Morgan fingerprint density at radius 2 is 1.05 bits per heavy atom. The third-order valence-corrected chi connectivity index (χ3v) is 9.94. The summed E-state index contributed by atoms with van der Waals surface area (Å²) in [5.41, 5.74) is 4.66. The molecule has 22 heteroatoms. The number of anilines is 6. The van der Waals surface area contributed by atoms with Crippen LogP contribution in [-0.4, -0.2) is 71.7 Å². The average Bonchev–Trinajstić information content (AvgIpc) is 3.43. The molecule has 7 aromatic heterocycles. The maximum Gasteiger partial charge on any atom is 0.243 e. The Labute approximate surface area is 509 Å². The molecule has 0 spiro atoms. The van der Waals surface area contributed by atoms with Gasteiger partial charge < -0.3 is 19.9 Å². The first-order valence-corrected chi connectivity index (χ1v) is 42.4. The summed E-state index contributed by atoms with van der Waals surface area (Å²) in [4.78, 5) is 55.9. The summed E-state index contributed by atoms with van der Waals surface area (Å²) in [6.07, 6.45) is 26.4. The van der Waals surface area contributed by atoms with Crippen molar-refractivity contribution >= 4 is 161 Å². The number of carbonyl (C=O) groups is 2. The van der Waals surface area contributed by atoms with E-state index in [9.17, 15) is 9.59 Å². The number of halogens is 7. The van der Waals surface area contributed by atoms with Gasteiger partial charge >= 0.3 is 56.5 Å². The van der Waals surface area contributed by atoms with E-state index in [1.807, 2.05) is 129 Å². The van der Waals surface area contributed by atoms with Crippen LogP contribution in [0.1, 0.15) is 71.1 Å². The zero-order valence-corrected chi connectivity index (χ0v) is 54.9. The van der Waals surface area contributed by atoms with Gasteiger partial charge in [-0.05, 0) is 133 Å². The summed E-state index contributed by atoms with van der Waals surface area (Å²) in [6, 6.07) is 34.9. The molecule has 3 N–H and O–H groups in total. The minimum atomic E-state index is -0.324. The molecule has 0 aliphatic heterocycles. The van der Waals surface area contributed by atoms with Gasteiger partial charge in [0.05, 0.1) is 42.3 Å². The second-order valence-electron chi connectivity index (χ2n) is 14.6. The first-order valence-electron chi connectivity index (χ1n) is 22.8. The minimum Gasteiger partial charge on any atom is -0.339 e. The van der Waals surface area contributed by atoms with Gasteiger partial charge in [-0.15, -0.1) is 24.0 Å². The SMILES string of the molecule is Brc1ccccn1.CCOC(=O)CCCCCCN(c1cccnc1)c1ccccn1.I.II.I[I-]I.O=C(CCCCCCN(c1cccnc1)c1ccccn1)NO.c1ccc(Nc2cccnc2)nc1. The van der Waals surface area contributed by atoms with Gasteiger partial charge in [-0.2, -0.15) is 0 Å². The molecule has 0 aromatic carbocycles. The number of unbranched alkanes of at least 4 members (excludes halogenated alkanes) is 6. The average molecular weight is 1730 g/mol. The molecule has 1 amide bonds. The number of aromatic nitrogens is 7. The van der Waals surface area contributed by atoms with E-state index in [1.165, 1.54) is 0 Å². The number of nitrogens with one attached hydrogen (secondary N) is 2. The molecule has 0 aliphatic carbocycles. The molecule has 0 saturated heterocycles. The van der Waals surface area contributed by atoms with Crippen molar-refractivity contribution in [3.05, 3.63) is 176 Å². The van der Waals surface area contributed by atoms with Gasteiger partial charge in [0.2, 0.25) is 5.91 Å². The van der Waals surface area contributed by atoms with E-state index in [2.05, 4.69) is 140 Å². The number of rotatable bonds is 21. The van der Waals surface area contributed by atoms with Crippen molar-refractivity contribution in [3.8, 4) is 0 Å². The van der Waals surface area contributed by atoms with Crippen molar-refractivity contribution in [2.24, 2.45) is 0 Å². The van der Waals surface area contributed by atoms with Gasteiger partial charge in [-0.1, -0.05) is 49.9 Å². The largest absolute Gasteiger partial charge is 0.339 e. The van der Waals surface area contributed by atoms with Crippen molar-refractivity contribution in [2.45, 2.75) is 71.1 Å². The molecule has 7 aromatic rings. The van der Waals surface area contributed by atoms with Gasteiger partial charge in [-0.25, -0.2) is 25.4 Å². The fraction of sp³-hybridized carbons (Fsp3) is 0.275. The molecule has 394 valence electrons. The van der Waals surface area contributed by atoms with Crippen molar-refractivity contribution in [1.82, 2.24) is 40.4 Å². The van der Waals surface area contributed by atoms with Crippen molar-refractivity contribution < 1.29 is 32.8 Å². The fourth-order valence-electron chi connectivity index (χ4n) is 6.26. The topological polar surface area (TPSA) is 184 Å². The smallest absolute Gasteiger partial charge is 0.243 e. The Morgan fingerprint density at radius 1 is 0.589 bits per heavy atom. The number of ether oxygens (including phenoxy) is 1. The van der Waals surface area contributed by atoms with Crippen LogP contribution in [0.25, 0.3) is 0 Å². The van der Waals surface area contributed by atoms with Crippen LogP contribution in [0.15, 0.2) is 176 Å². The van der Waals surface area contributed by atoms with Crippen LogP contribution in [0, 0.1) is 0 Å². The molecule has 0 radical (unpaired) electrons. The molecule has 0 aliphatic rings. The number of nitrogens with zero attached hydrogens (tertiary/aromatic N) is 9. The minimum absolute atomic E-state index is 0. The summed E-state index contributed by atoms with van der Waals surface area (Å²) < 4.78 is 5.82. The van der Waals surface area contributed by atoms with E-state index in [1.54, 1.807) is 55.1 Å². The van der Waals surface area contributed by atoms with Gasteiger partial charge in [-0.3, -0.25) is 29.7 Å². The summed E-state index contributed by atoms with van der Waals surface area (Å²) in [7, 11) is 0. The Balaban J connectivity index is 0.000000501. The molecule has 7 heterocycles. The first kappa shape index (κ1) is 68.2. The van der Waals surface area contributed by atoms with Crippen molar-refractivity contribution in [3.63, 3.8) is 0 Å². The van der Waals surface area contributed by atoms with Crippen LogP contribution in [0.5, 0.6) is 0 Å². The normalized spacial score (nSPS) is 9.58. The molecular weight excluding hydrogens is 1670 g/mol. The zero-order valence-electron chi connectivity index (χ0n) is 40.2. The molecule has 0 unspecified atom stereocenters. The number of hydrogen-bond donors (Lipinski definition) is 3. The summed E-state index contributed by atoms with van der Waals surface area (Å²) in [5, 5.41) is 11.6. The second-order valence-corrected chi connectivity index (χ2v) is 31.6. The standard InChI is InChI=1S/C19H25N3O2.C17H22N4O2.C10H9N3.C5H4BrN.I3.I2.HI/c1-2-24-19(23)12-5-3-4-8-15-22(17-10-9-13-20-16-17)18-11-6-7-14-21-18;22-17(20-23)10-3-1-2-6-13-21(15-8-7-11-18-14-15)16-9-4-5-12-19-16;1-2-7-12-10(5-1)13-9-4-3-6-11-8-9;6-5-3-1-2-4-7-5;1-3-2;1-2;/h6-7,9-11,13-14,16H,2-5,8,12,15H2,1H3;4-5,7-9,11-12,14,23H,1-3,6,10,13H2,(H,20,22);1-8H,(H,12,13);1-4H;;;1H/q;;;;-1;;. The van der Waals surface area contributed by atoms with E-state index in [0.717, 1.165) is 104 Å². The van der Waals surface area contributed by atoms with Gasteiger partial charge in [0.15, 0.2) is 0 Å². The molecule has 7 rings (SSSR count). The maximum absolute atomic E-state index is 11.3. The fourth-order valence-corrected chi connectivity index (χ4v) is 6.53. The van der Waals surface area contributed by atoms with Crippen molar-refractivity contribution in [1.29, 1.82) is 0 Å². The molecule has 15 nitrogen and oxygen atoms in total. The predicted octanol–water partition coefficient (Wildman–Crippen LogP) is 12.4. The van der Waals surface area contributed by atoms with Crippen LogP contribution < -0.4 is 33.9 Å². The van der Waals surface area contributed by atoms with Crippen LogP contribution in [-0.2, 0) is 14.3 Å². The monoisotopic (exact) mass is 1730 g/mol. The number of pyridine rings is 7. The van der Waals surface area contributed by atoms with Crippen LogP contribution >= 0.6 is 114 Å². The Hall–Kier alpha value is -2.79. The van der Waals surface area contributed by atoms with Crippen LogP contribution in [0.2, 0.25) is 0 Å². The maximum atomic E-state index is 11.3. The summed E-state index contributed by atoms with van der Waals surface area (Å²) in [5.74, 6) is 2.24. The van der Waals surface area contributed by atoms with Gasteiger partial charge in [0.1, 0.15) is 22.1 Å². The first-order chi connectivity index (χ1) is 35.4.